The summed E-state index contributed by atoms with van der Waals surface area (Å²) in [5.74, 6) is 1.90. The molecular weight excluding hydrogens is 418 g/mol. The van der Waals surface area contributed by atoms with Gasteiger partial charge in [-0.25, -0.2) is 4.99 Å². The Hall–Kier alpha value is -2.12. The lowest BCUT2D eigenvalue weighted by molar-refractivity contribution is -0.132. The maximum absolute atomic E-state index is 13.2. The van der Waals surface area contributed by atoms with Crippen molar-refractivity contribution in [2.45, 2.75) is 83.5 Å². The molecule has 5 atom stereocenters. The van der Waals surface area contributed by atoms with Gasteiger partial charge >= 0.3 is 0 Å². The fourth-order valence-electron chi connectivity index (χ4n) is 5.58. The molecule has 2 aliphatic heterocycles. The van der Waals surface area contributed by atoms with Gasteiger partial charge in [0, 0.05) is 29.8 Å². The van der Waals surface area contributed by atoms with Crippen LogP contribution >= 0.6 is 0 Å². The minimum Gasteiger partial charge on any atom is -0.508 e. The molecule has 1 amide bonds. The van der Waals surface area contributed by atoms with Gasteiger partial charge in [-0.3, -0.25) is 9.69 Å². The van der Waals surface area contributed by atoms with Crippen LogP contribution in [0.3, 0.4) is 0 Å². The van der Waals surface area contributed by atoms with Crippen molar-refractivity contribution in [3.05, 3.63) is 29.3 Å². The van der Waals surface area contributed by atoms with Crippen molar-refractivity contribution in [1.82, 2.24) is 10.2 Å². The van der Waals surface area contributed by atoms with E-state index >= 15 is 0 Å². The monoisotopic (exact) mass is 457 g/mol. The second-order valence-corrected chi connectivity index (χ2v) is 11.1. The van der Waals surface area contributed by atoms with Crippen LogP contribution in [0.1, 0.15) is 64.0 Å². The van der Waals surface area contributed by atoms with Crippen LogP contribution in [0, 0.1) is 18.8 Å². The molecule has 0 radical (unpaired) electrons. The van der Waals surface area contributed by atoms with E-state index in [1.54, 1.807) is 12.1 Å². The van der Waals surface area contributed by atoms with Crippen molar-refractivity contribution in [2.24, 2.45) is 16.8 Å². The number of phenols is 1. The number of likely N-dealkylation sites (tertiary alicyclic amines) is 1. The fraction of sp³-hybridized carbons (Fsp3) is 0.692. The van der Waals surface area contributed by atoms with Gasteiger partial charge in [0.05, 0.1) is 12.1 Å². The Morgan fingerprint density at radius 2 is 2.00 bits per heavy atom. The molecule has 182 valence electrons. The Morgan fingerprint density at radius 3 is 2.73 bits per heavy atom. The number of nitrogens with one attached hydrogen (secondary N) is 1. The zero-order chi connectivity index (χ0) is 23.8. The van der Waals surface area contributed by atoms with Gasteiger partial charge in [-0.15, -0.1) is 0 Å². The van der Waals surface area contributed by atoms with Crippen LogP contribution in [0.5, 0.6) is 5.75 Å². The summed E-state index contributed by atoms with van der Waals surface area (Å²) in [6, 6.07) is 4.65. The molecule has 0 unspecified atom stereocenters. The molecule has 1 saturated carbocycles. The fourth-order valence-corrected chi connectivity index (χ4v) is 5.58. The van der Waals surface area contributed by atoms with Crippen molar-refractivity contribution < 1.29 is 19.7 Å². The summed E-state index contributed by atoms with van der Waals surface area (Å²) in [5, 5.41) is 24.3. The molecule has 4 rings (SSSR count). The number of aliphatic hydroxyl groups is 1. The number of nitrogens with zero attached hydrogens (tertiary/aromatic N) is 2. The summed E-state index contributed by atoms with van der Waals surface area (Å²) in [6.07, 6.45) is 5.04. The SMILES string of the molecule is Cc1c(O)cccc1C1=N[C@@H]([C@@H](O)CN2C[C@@H]3CCCC[C@H]3C[C@H]2C(=O)NC(C)(C)C)CO1. The first kappa shape index (κ1) is 24.0. The van der Waals surface area contributed by atoms with Crippen LogP contribution in [-0.4, -0.2) is 70.3 Å². The average molecular weight is 458 g/mol. The van der Waals surface area contributed by atoms with Gasteiger partial charge in [0.25, 0.3) is 0 Å². The van der Waals surface area contributed by atoms with Crippen LogP contribution in [0.15, 0.2) is 23.2 Å². The average Bonchev–Trinajstić information content (AvgIpc) is 3.24. The summed E-state index contributed by atoms with van der Waals surface area (Å²) in [4.78, 5) is 20.0. The number of hydrogen-bond acceptors (Lipinski definition) is 6. The first-order valence-electron chi connectivity index (χ1n) is 12.4. The zero-order valence-corrected chi connectivity index (χ0v) is 20.4. The molecule has 7 heteroatoms. The number of piperidine rings is 1. The Balaban J connectivity index is 1.48. The van der Waals surface area contributed by atoms with Crippen LogP contribution in [0.4, 0.5) is 0 Å². The highest BCUT2D eigenvalue weighted by atomic mass is 16.5. The van der Waals surface area contributed by atoms with E-state index in [0.717, 1.165) is 18.5 Å². The van der Waals surface area contributed by atoms with Gasteiger partial charge in [-0.2, -0.15) is 0 Å². The minimum absolute atomic E-state index is 0.0565. The molecule has 2 fully saturated rings. The van der Waals surface area contributed by atoms with Gasteiger partial charge in [0.2, 0.25) is 11.8 Å². The molecule has 2 heterocycles. The molecule has 0 bridgehead atoms. The number of amides is 1. The van der Waals surface area contributed by atoms with E-state index in [0.29, 0.717) is 36.4 Å². The number of β-amino-alcohol motifs (C(OH)–C–C–N with tert-alkyl or cyclic N) is 1. The lowest BCUT2D eigenvalue weighted by Crippen LogP contribution is -2.59. The first-order chi connectivity index (χ1) is 15.6. The molecule has 0 spiro atoms. The highest BCUT2D eigenvalue weighted by Crippen LogP contribution is 2.39. The molecule has 0 aromatic heterocycles. The summed E-state index contributed by atoms with van der Waals surface area (Å²) in [5.41, 5.74) is 1.17. The second kappa shape index (κ2) is 9.63. The van der Waals surface area contributed by atoms with Gasteiger partial charge in [0.1, 0.15) is 18.4 Å². The van der Waals surface area contributed by atoms with Gasteiger partial charge in [-0.1, -0.05) is 25.3 Å². The molecule has 1 aliphatic carbocycles. The van der Waals surface area contributed by atoms with Crippen molar-refractivity contribution in [2.75, 3.05) is 19.7 Å². The lowest BCUT2D eigenvalue weighted by atomic mass is 9.72. The van der Waals surface area contributed by atoms with Crippen LogP contribution in [-0.2, 0) is 9.53 Å². The third-order valence-corrected chi connectivity index (χ3v) is 7.38. The maximum atomic E-state index is 13.2. The number of aliphatic hydroxyl groups excluding tert-OH is 1. The summed E-state index contributed by atoms with van der Waals surface area (Å²) in [6.45, 7) is 9.38. The quantitative estimate of drug-likeness (QED) is 0.632. The summed E-state index contributed by atoms with van der Waals surface area (Å²) < 4.78 is 5.80. The third kappa shape index (κ3) is 5.52. The van der Waals surface area contributed by atoms with Gasteiger partial charge in [-0.05, 0) is 64.5 Å². The number of carbonyl (C=O) groups is 1. The Bertz CT molecular complexity index is 894. The standard InChI is InChI=1S/C26H39N3O4/c1-16-19(10-7-11-22(16)30)25-27-20(15-33-25)23(31)14-29-13-18-9-6-5-8-17(18)12-21(29)24(32)28-26(2,3)4/h7,10-11,17-18,20-21,23,30-31H,5-6,8-9,12-15H2,1-4H3,(H,28,32)/t17-,18-,20+,21-,23-/m0/s1. The van der Waals surface area contributed by atoms with Crippen molar-refractivity contribution >= 4 is 11.8 Å². The molecule has 3 N–H and O–H groups in total. The minimum atomic E-state index is -0.731. The number of aliphatic imine (C=N–C) groups is 1. The zero-order valence-electron chi connectivity index (χ0n) is 20.4. The predicted molar refractivity (Wildman–Crippen MR) is 128 cm³/mol. The Morgan fingerprint density at radius 1 is 1.27 bits per heavy atom. The second-order valence-electron chi connectivity index (χ2n) is 11.1. The highest BCUT2D eigenvalue weighted by Gasteiger charge is 2.42. The van der Waals surface area contributed by atoms with Crippen molar-refractivity contribution in [3.63, 3.8) is 0 Å². The van der Waals surface area contributed by atoms with Crippen LogP contribution in [0.25, 0.3) is 0 Å². The molecule has 1 saturated heterocycles. The Labute approximate surface area is 197 Å². The first-order valence-corrected chi connectivity index (χ1v) is 12.4. The number of ether oxygens (including phenoxy) is 1. The van der Waals surface area contributed by atoms with Crippen molar-refractivity contribution in [3.8, 4) is 5.75 Å². The molecule has 33 heavy (non-hydrogen) atoms. The number of phenolic OH excluding ortho intramolecular Hbond substituents is 1. The number of benzene rings is 1. The number of carbonyl (C=O) groups excluding carboxylic acids is 1. The number of aromatic hydroxyl groups is 1. The largest absolute Gasteiger partial charge is 0.508 e. The molecule has 1 aromatic carbocycles. The van der Waals surface area contributed by atoms with E-state index in [1.807, 2.05) is 33.8 Å². The highest BCUT2D eigenvalue weighted by molar-refractivity contribution is 5.97. The van der Waals surface area contributed by atoms with E-state index in [-0.39, 0.29) is 23.2 Å². The van der Waals surface area contributed by atoms with Gasteiger partial charge < -0.3 is 20.3 Å². The molecule has 3 aliphatic rings. The smallest absolute Gasteiger partial charge is 0.237 e. The van der Waals surface area contributed by atoms with E-state index in [2.05, 4.69) is 15.2 Å². The number of rotatable bonds is 5. The summed E-state index contributed by atoms with van der Waals surface area (Å²) in [7, 11) is 0. The molecule has 1 aromatic rings. The van der Waals surface area contributed by atoms with Gasteiger partial charge in [0.15, 0.2) is 0 Å². The molecular formula is C26H39N3O4. The Kier molecular flexibility index (Phi) is 7.01. The number of hydrogen-bond donors (Lipinski definition) is 3. The van der Waals surface area contributed by atoms with Crippen molar-refractivity contribution in [1.29, 1.82) is 0 Å². The third-order valence-electron chi connectivity index (χ3n) is 7.38. The number of fused-ring (bicyclic) bond motifs is 1. The predicted octanol–water partition coefficient (Wildman–Crippen LogP) is 3.00. The summed E-state index contributed by atoms with van der Waals surface area (Å²) >= 11 is 0. The normalized spacial score (nSPS) is 29.1. The van der Waals surface area contributed by atoms with E-state index < -0.39 is 12.1 Å². The topological polar surface area (TPSA) is 94.4 Å². The van der Waals surface area contributed by atoms with E-state index in [4.69, 9.17) is 4.74 Å². The maximum Gasteiger partial charge on any atom is 0.237 e. The van der Waals surface area contributed by atoms with E-state index in [9.17, 15) is 15.0 Å². The van der Waals surface area contributed by atoms with Crippen LogP contribution < -0.4 is 5.32 Å². The van der Waals surface area contributed by atoms with Crippen LogP contribution in [0.2, 0.25) is 0 Å². The lowest BCUT2D eigenvalue weighted by Gasteiger charge is -2.46. The van der Waals surface area contributed by atoms with E-state index in [1.165, 1.54) is 25.7 Å². The molecule has 7 nitrogen and oxygen atoms in total.